The number of nitrogens with one attached hydrogen (secondary N) is 2. The maximum atomic E-state index is 5.68. The summed E-state index contributed by atoms with van der Waals surface area (Å²) in [5.41, 5.74) is 0. The summed E-state index contributed by atoms with van der Waals surface area (Å²) in [7, 11) is 3.41. The third-order valence-corrected chi connectivity index (χ3v) is 3.62. The molecular weight excluding hydrogens is 318 g/mol. The quantitative estimate of drug-likeness (QED) is 0.412. The molecule has 0 aliphatic heterocycles. The zero-order valence-corrected chi connectivity index (χ0v) is 15.1. The third kappa shape index (κ3) is 6.74. The summed E-state index contributed by atoms with van der Waals surface area (Å²) in [5, 5.41) is 10.8. The van der Waals surface area contributed by atoms with Gasteiger partial charge < -0.3 is 20.1 Å². The number of methoxy groups -OCH3 is 1. The predicted molar refractivity (Wildman–Crippen MR) is 99.2 cm³/mol. The van der Waals surface area contributed by atoms with Crippen LogP contribution in [0.15, 0.2) is 47.7 Å². The van der Waals surface area contributed by atoms with Crippen LogP contribution in [0.3, 0.4) is 0 Å². The van der Waals surface area contributed by atoms with Gasteiger partial charge in [-0.3, -0.25) is 9.67 Å². The first-order chi connectivity index (χ1) is 12.2. The molecule has 0 spiro atoms. The van der Waals surface area contributed by atoms with Crippen molar-refractivity contribution in [3.8, 4) is 11.5 Å². The molecule has 1 unspecified atom stereocenters. The van der Waals surface area contributed by atoms with Crippen LogP contribution in [0.5, 0.6) is 11.5 Å². The molecule has 1 aromatic carbocycles. The van der Waals surface area contributed by atoms with E-state index in [0.717, 1.165) is 30.5 Å². The highest BCUT2D eigenvalue weighted by Crippen LogP contribution is 2.16. The van der Waals surface area contributed by atoms with Gasteiger partial charge in [-0.05, 0) is 36.2 Å². The minimum absolute atomic E-state index is 0.439. The summed E-state index contributed by atoms with van der Waals surface area (Å²) >= 11 is 0. The lowest BCUT2D eigenvalue weighted by Crippen LogP contribution is -2.41. The van der Waals surface area contributed by atoms with Crippen molar-refractivity contribution in [2.75, 3.05) is 33.9 Å². The minimum atomic E-state index is 0.439. The number of benzene rings is 1. The van der Waals surface area contributed by atoms with Crippen LogP contribution in [0.1, 0.15) is 6.92 Å². The maximum absolute atomic E-state index is 5.68. The van der Waals surface area contributed by atoms with E-state index in [2.05, 4.69) is 27.6 Å². The lowest BCUT2D eigenvalue weighted by atomic mass is 10.2. The van der Waals surface area contributed by atoms with Crippen molar-refractivity contribution in [3.05, 3.63) is 42.7 Å². The number of rotatable bonds is 9. The first-order valence-corrected chi connectivity index (χ1v) is 8.40. The van der Waals surface area contributed by atoms with Crippen LogP contribution in [-0.4, -0.2) is 49.6 Å². The highest BCUT2D eigenvalue weighted by atomic mass is 16.5. The monoisotopic (exact) mass is 345 g/mol. The molecule has 2 N–H and O–H groups in total. The standard InChI is InChI=1S/C18H27N5O2/c1-15(14-23-11-4-9-22-23)13-21-18(19-2)20-10-12-25-17-7-5-16(24-3)6-8-17/h4-9,11,15H,10,12-14H2,1-3H3,(H2,19,20,21). The van der Waals surface area contributed by atoms with E-state index >= 15 is 0 Å². The van der Waals surface area contributed by atoms with Crippen molar-refractivity contribution in [1.82, 2.24) is 20.4 Å². The minimum Gasteiger partial charge on any atom is -0.497 e. The molecule has 0 amide bonds. The molecular formula is C18H27N5O2. The number of hydrogen-bond acceptors (Lipinski definition) is 4. The molecule has 2 aromatic rings. The fourth-order valence-corrected chi connectivity index (χ4v) is 2.29. The molecule has 1 aromatic heterocycles. The molecule has 0 bridgehead atoms. The average molecular weight is 345 g/mol. The second kappa shape index (κ2) is 10.2. The number of guanidine groups is 1. The molecule has 0 aliphatic rings. The van der Waals surface area contributed by atoms with Crippen LogP contribution >= 0.6 is 0 Å². The average Bonchev–Trinajstić information content (AvgIpc) is 3.14. The second-order valence-electron chi connectivity index (χ2n) is 5.74. The normalized spacial score (nSPS) is 12.5. The van der Waals surface area contributed by atoms with E-state index in [1.807, 2.05) is 41.2 Å². The molecule has 7 heteroatoms. The number of nitrogens with zero attached hydrogens (tertiary/aromatic N) is 3. The molecule has 0 fully saturated rings. The van der Waals surface area contributed by atoms with E-state index in [0.29, 0.717) is 19.1 Å². The number of hydrogen-bond donors (Lipinski definition) is 2. The maximum Gasteiger partial charge on any atom is 0.191 e. The molecule has 1 atom stereocenters. The SMILES string of the molecule is CN=C(NCCOc1ccc(OC)cc1)NCC(C)Cn1cccn1. The van der Waals surface area contributed by atoms with Gasteiger partial charge in [-0.1, -0.05) is 6.92 Å². The summed E-state index contributed by atoms with van der Waals surface area (Å²) in [6.45, 7) is 5.08. The largest absolute Gasteiger partial charge is 0.497 e. The molecule has 0 saturated heterocycles. The Hall–Kier alpha value is -2.70. The summed E-state index contributed by atoms with van der Waals surface area (Å²) in [6, 6.07) is 9.48. The van der Waals surface area contributed by atoms with Crippen LogP contribution in [0, 0.1) is 5.92 Å². The van der Waals surface area contributed by atoms with E-state index in [4.69, 9.17) is 9.47 Å². The summed E-state index contributed by atoms with van der Waals surface area (Å²) in [4.78, 5) is 4.22. The zero-order valence-electron chi connectivity index (χ0n) is 15.1. The van der Waals surface area contributed by atoms with Gasteiger partial charge in [0.15, 0.2) is 5.96 Å². The van der Waals surface area contributed by atoms with Gasteiger partial charge in [-0.15, -0.1) is 0 Å². The van der Waals surface area contributed by atoms with E-state index in [1.54, 1.807) is 20.4 Å². The molecule has 2 rings (SSSR count). The Morgan fingerprint density at radius 1 is 1.24 bits per heavy atom. The van der Waals surface area contributed by atoms with Gasteiger partial charge in [-0.25, -0.2) is 0 Å². The summed E-state index contributed by atoms with van der Waals surface area (Å²) < 4.78 is 12.7. The Labute approximate surface area is 149 Å². The lowest BCUT2D eigenvalue weighted by Gasteiger charge is -2.16. The number of aromatic nitrogens is 2. The zero-order chi connectivity index (χ0) is 17.9. The van der Waals surface area contributed by atoms with Gasteiger partial charge >= 0.3 is 0 Å². The van der Waals surface area contributed by atoms with Crippen molar-refractivity contribution in [2.45, 2.75) is 13.5 Å². The van der Waals surface area contributed by atoms with Crippen molar-refractivity contribution >= 4 is 5.96 Å². The molecule has 0 saturated carbocycles. The first kappa shape index (κ1) is 18.6. The highest BCUT2D eigenvalue weighted by Gasteiger charge is 2.05. The van der Waals surface area contributed by atoms with Crippen LogP contribution in [-0.2, 0) is 6.54 Å². The van der Waals surface area contributed by atoms with Gasteiger partial charge in [0.2, 0.25) is 0 Å². The fraction of sp³-hybridized carbons (Fsp3) is 0.444. The van der Waals surface area contributed by atoms with Crippen LogP contribution in [0.4, 0.5) is 0 Å². The second-order valence-corrected chi connectivity index (χ2v) is 5.74. The first-order valence-electron chi connectivity index (χ1n) is 8.40. The Morgan fingerprint density at radius 2 is 2.00 bits per heavy atom. The molecule has 25 heavy (non-hydrogen) atoms. The van der Waals surface area contributed by atoms with E-state index in [9.17, 15) is 0 Å². The number of ether oxygens (including phenoxy) is 2. The molecule has 136 valence electrons. The molecule has 7 nitrogen and oxygen atoms in total. The Kier molecular flexibility index (Phi) is 7.62. The van der Waals surface area contributed by atoms with Gasteiger partial charge in [0.25, 0.3) is 0 Å². The molecule has 1 heterocycles. The van der Waals surface area contributed by atoms with Gasteiger partial charge in [0.1, 0.15) is 18.1 Å². The van der Waals surface area contributed by atoms with E-state index in [-0.39, 0.29) is 0 Å². The van der Waals surface area contributed by atoms with Gasteiger partial charge in [0, 0.05) is 32.5 Å². The summed E-state index contributed by atoms with van der Waals surface area (Å²) in [6.07, 6.45) is 3.77. The number of aliphatic imine (C=N–C) groups is 1. The Balaban J connectivity index is 1.62. The van der Waals surface area contributed by atoms with Crippen molar-refractivity contribution in [3.63, 3.8) is 0 Å². The smallest absolute Gasteiger partial charge is 0.191 e. The van der Waals surface area contributed by atoms with Crippen molar-refractivity contribution in [2.24, 2.45) is 10.9 Å². The van der Waals surface area contributed by atoms with Crippen LogP contribution in [0.2, 0.25) is 0 Å². The van der Waals surface area contributed by atoms with Crippen molar-refractivity contribution in [1.29, 1.82) is 0 Å². The summed E-state index contributed by atoms with van der Waals surface area (Å²) in [5.74, 6) is 2.84. The topological polar surface area (TPSA) is 72.7 Å². The van der Waals surface area contributed by atoms with Crippen LogP contribution in [0.25, 0.3) is 0 Å². The van der Waals surface area contributed by atoms with Crippen LogP contribution < -0.4 is 20.1 Å². The van der Waals surface area contributed by atoms with E-state index < -0.39 is 0 Å². The molecule has 0 radical (unpaired) electrons. The highest BCUT2D eigenvalue weighted by molar-refractivity contribution is 5.79. The van der Waals surface area contributed by atoms with Gasteiger partial charge in [0.05, 0.1) is 13.7 Å². The van der Waals surface area contributed by atoms with Gasteiger partial charge in [-0.2, -0.15) is 5.10 Å². The fourth-order valence-electron chi connectivity index (χ4n) is 2.29. The Morgan fingerprint density at radius 3 is 2.64 bits per heavy atom. The lowest BCUT2D eigenvalue weighted by molar-refractivity contribution is 0.321. The van der Waals surface area contributed by atoms with Crippen molar-refractivity contribution < 1.29 is 9.47 Å². The molecule has 0 aliphatic carbocycles. The van der Waals surface area contributed by atoms with E-state index in [1.165, 1.54) is 0 Å². The predicted octanol–water partition coefficient (Wildman–Crippen LogP) is 1.77. The third-order valence-electron chi connectivity index (χ3n) is 3.62. The Bertz CT molecular complexity index is 625.